The van der Waals surface area contributed by atoms with Crippen molar-refractivity contribution in [1.82, 2.24) is 9.62 Å². The van der Waals surface area contributed by atoms with E-state index in [4.69, 9.17) is 0 Å². The van der Waals surface area contributed by atoms with Gasteiger partial charge in [0.2, 0.25) is 15.9 Å². The Kier molecular flexibility index (Phi) is 7.44. The smallest absolute Gasteiger partial charge is 0.235 e. The number of benzene rings is 1. The Morgan fingerprint density at radius 3 is 2.20 bits per heavy atom. The highest BCUT2D eigenvalue weighted by atomic mass is 32.2. The zero-order valence-electron chi connectivity index (χ0n) is 15.3. The predicted molar refractivity (Wildman–Crippen MR) is 101 cm³/mol. The number of hydrogen-bond donors (Lipinski definition) is 1. The van der Waals surface area contributed by atoms with E-state index >= 15 is 0 Å². The van der Waals surface area contributed by atoms with Gasteiger partial charge in [0.1, 0.15) is 0 Å². The van der Waals surface area contributed by atoms with Crippen LogP contribution >= 0.6 is 0 Å². The van der Waals surface area contributed by atoms with E-state index in [2.05, 4.69) is 5.32 Å². The lowest BCUT2D eigenvalue weighted by molar-refractivity contribution is -0.122. The van der Waals surface area contributed by atoms with E-state index in [1.54, 1.807) is 0 Å². The summed E-state index contributed by atoms with van der Waals surface area (Å²) in [7, 11) is -3.45. The molecule has 0 saturated heterocycles. The van der Waals surface area contributed by atoms with Crippen molar-refractivity contribution in [3.8, 4) is 0 Å². The van der Waals surface area contributed by atoms with E-state index in [9.17, 15) is 13.2 Å². The molecule has 1 saturated carbocycles. The highest BCUT2D eigenvalue weighted by molar-refractivity contribution is 7.88. The van der Waals surface area contributed by atoms with Crippen LogP contribution in [0.15, 0.2) is 24.3 Å². The van der Waals surface area contributed by atoms with E-state index in [0.29, 0.717) is 0 Å². The molecule has 1 aliphatic carbocycles. The average Bonchev–Trinajstić information content (AvgIpc) is 2.50. The molecule has 1 aromatic carbocycles. The van der Waals surface area contributed by atoms with Gasteiger partial charge in [-0.05, 0) is 25.3 Å². The van der Waals surface area contributed by atoms with Crippen LogP contribution in [0.1, 0.15) is 56.1 Å². The quantitative estimate of drug-likeness (QED) is 0.842. The standard InChI is InChI=1S/C19H30N2O3S/c1-16-10-12-17(13-11-16)14-21(25(2,23)24)15-19(22)20-18-8-6-4-3-5-7-9-18/h10-13,18H,3-9,14-15H2,1-2H3,(H,20,22). The first kappa shape index (κ1) is 19.9. The molecule has 2 rings (SSSR count). The number of nitrogens with one attached hydrogen (secondary N) is 1. The number of nitrogens with zero attached hydrogens (tertiary/aromatic N) is 1. The minimum Gasteiger partial charge on any atom is -0.352 e. The van der Waals surface area contributed by atoms with Gasteiger partial charge in [0.15, 0.2) is 0 Å². The molecule has 1 N–H and O–H groups in total. The summed E-state index contributed by atoms with van der Waals surface area (Å²) in [5, 5.41) is 3.04. The largest absolute Gasteiger partial charge is 0.352 e. The molecule has 0 unspecified atom stereocenters. The Labute approximate surface area is 151 Å². The third-order valence-corrected chi connectivity index (χ3v) is 5.94. The fraction of sp³-hybridized carbons (Fsp3) is 0.632. The number of hydrogen-bond acceptors (Lipinski definition) is 3. The zero-order valence-corrected chi connectivity index (χ0v) is 16.1. The lowest BCUT2D eigenvalue weighted by atomic mass is 9.97. The lowest BCUT2D eigenvalue weighted by Gasteiger charge is -2.24. The van der Waals surface area contributed by atoms with Crippen LogP contribution in [-0.2, 0) is 21.4 Å². The maximum absolute atomic E-state index is 12.4. The van der Waals surface area contributed by atoms with E-state index < -0.39 is 10.0 Å². The van der Waals surface area contributed by atoms with Crippen LogP contribution in [0.2, 0.25) is 0 Å². The Bertz CT molecular complexity index is 648. The molecule has 0 aliphatic heterocycles. The fourth-order valence-electron chi connectivity index (χ4n) is 3.22. The number of sulfonamides is 1. The molecule has 25 heavy (non-hydrogen) atoms. The normalized spacial score (nSPS) is 17.1. The molecule has 6 heteroatoms. The van der Waals surface area contributed by atoms with E-state index in [1.165, 1.54) is 23.6 Å². The first-order chi connectivity index (χ1) is 11.8. The first-order valence-corrected chi connectivity index (χ1v) is 11.0. The van der Waals surface area contributed by atoms with Gasteiger partial charge in [0.05, 0.1) is 12.8 Å². The van der Waals surface area contributed by atoms with Crippen LogP contribution in [0.4, 0.5) is 0 Å². The number of rotatable bonds is 6. The van der Waals surface area contributed by atoms with Crippen LogP contribution in [0.5, 0.6) is 0 Å². The van der Waals surface area contributed by atoms with Crippen molar-refractivity contribution in [2.24, 2.45) is 0 Å². The summed E-state index contributed by atoms with van der Waals surface area (Å²) in [5.41, 5.74) is 2.01. The van der Waals surface area contributed by atoms with Gasteiger partial charge >= 0.3 is 0 Å². The van der Waals surface area contributed by atoms with Gasteiger partial charge in [-0.15, -0.1) is 0 Å². The third-order valence-electron chi connectivity index (χ3n) is 4.74. The highest BCUT2D eigenvalue weighted by Crippen LogP contribution is 2.17. The topological polar surface area (TPSA) is 66.5 Å². The highest BCUT2D eigenvalue weighted by Gasteiger charge is 2.22. The van der Waals surface area contributed by atoms with E-state index in [1.807, 2.05) is 31.2 Å². The summed E-state index contributed by atoms with van der Waals surface area (Å²) < 4.78 is 25.4. The molecule has 140 valence electrons. The van der Waals surface area contributed by atoms with Gasteiger partial charge in [-0.25, -0.2) is 8.42 Å². The van der Waals surface area contributed by atoms with Crippen LogP contribution < -0.4 is 5.32 Å². The molecule has 0 aromatic heterocycles. The second kappa shape index (κ2) is 9.34. The summed E-state index contributed by atoms with van der Waals surface area (Å²) in [4.78, 5) is 12.4. The Balaban J connectivity index is 1.96. The molecule has 0 atom stereocenters. The molecule has 5 nitrogen and oxygen atoms in total. The summed E-state index contributed by atoms with van der Waals surface area (Å²) in [5.74, 6) is -0.205. The molecule has 1 aliphatic rings. The van der Waals surface area contributed by atoms with Crippen molar-refractivity contribution in [1.29, 1.82) is 0 Å². The zero-order chi connectivity index (χ0) is 18.3. The van der Waals surface area contributed by atoms with Gasteiger partial charge in [0.25, 0.3) is 0 Å². The second-order valence-corrected chi connectivity index (χ2v) is 9.11. The van der Waals surface area contributed by atoms with E-state index in [-0.39, 0.29) is 25.0 Å². The number of carbonyl (C=O) groups excluding carboxylic acids is 1. The van der Waals surface area contributed by atoms with Crippen molar-refractivity contribution >= 4 is 15.9 Å². The molecule has 1 aromatic rings. The SMILES string of the molecule is Cc1ccc(CN(CC(=O)NC2CCCCCCC2)S(C)(=O)=O)cc1. The Morgan fingerprint density at radius 2 is 1.64 bits per heavy atom. The lowest BCUT2D eigenvalue weighted by Crippen LogP contribution is -2.43. The third kappa shape index (κ3) is 7.16. The molecule has 0 heterocycles. The predicted octanol–water partition coefficient (Wildman–Crippen LogP) is 2.99. The van der Waals surface area contributed by atoms with Crippen molar-refractivity contribution in [3.63, 3.8) is 0 Å². The van der Waals surface area contributed by atoms with Crippen LogP contribution in [0.25, 0.3) is 0 Å². The van der Waals surface area contributed by atoms with Gasteiger partial charge in [-0.1, -0.05) is 61.9 Å². The van der Waals surface area contributed by atoms with Crippen LogP contribution in [0, 0.1) is 6.92 Å². The van der Waals surface area contributed by atoms with Crippen LogP contribution in [-0.4, -0.2) is 37.5 Å². The monoisotopic (exact) mass is 366 g/mol. The average molecular weight is 367 g/mol. The first-order valence-electron chi connectivity index (χ1n) is 9.14. The van der Waals surface area contributed by atoms with Crippen LogP contribution in [0.3, 0.4) is 0 Å². The minimum atomic E-state index is -3.45. The van der Waals surface area contributed by atoms with Crippen molar-refractivity contribution in [3.05, 3.63) is 35.4 Å². The minimum absolute atomic E-state index is 0.122. The van der Waals surface area contributed by atoms with Crippen molar-refractivity contribution < 1.29 is 13.2 Å². The molecule has 0 radical (unpaired) electrons. The Morgan fingerprint density at radius 1 is 1.08 bits per heavy atom. The van der Waals surface area contributed by atoms with Gasteiger partial charge in [0, 0.05) is 12.6 Å². The summed E-state index contributed by atoms with van der Waals surface area (Å²) >= 11 is 0. The fourth-order valence-corrected chi connectivity index (χ4v) is 3.96. The number of aryl methyl sites for hydroxylation is 1. The number of amides is 1. The van der Waals surface area contributed by atoms with E-state index in [0.717, 1.165) is 43.1 Å². The second-order valence-electron chi connectivity index (χ2n) is 7.13. The molecule has 0 spiro atoms. The summed E-state index contributed by atoms with van der Waals surface area (Å²) in [6, 6.07) is 7.88. The van der Waals surface area contributed by atoms with Gasteiger partial charge in [-0.3, -0.25) is 4.79 Å². The van der Waals surface area contributed by atoms with Crippen molar-refractivity contribution in [2.75, 3.05) is 12.8 Å². The maximum Gasteiger partial charge on any atom is 0.235 e. The molecular formula is C19H30N2O3S. The number of carbonyl (C=O) groups is 1. The Hall–Kier alpha value is -1.40. The molecule has 1 fully saturated rings. The summed E-state index contributed by atoms with van der Waals surface area (Å²) in [6.45, 7) is 2.08. The maximum atomic E-state index is 12.4. The molecule has 1 amide bonds. The van der Waals surface area contributed by atoms with Crippen molar-refractivity contribution in [2.45, 2.75) is 64.5 Å². The molecule has 0 bridgehead atoms. The van der Waals surface area contributed by atoms with Gasteiger partial charge < -0.3 is 5.32 Å². The summed E-state index contributed by atoms with van der Waals surface area (Å²) in [6.07, 6.45) is 9.10. The molecular weight excluding hydrogens is 336 g/mol. The van der Waals surface area contributed by atoms with Gasteiger partial charge in [-0.2, -0.15) is 4.31 Å².